The fourth-order valence-corrected chi connectivity index (χ4v) is 2.20. The van der Waals surface area contributed by atoms with Gasteiger partial charge in [0.2, 0.25) is 0 Å². The third-order valence-electron chi connectivity index (χ3n) is 2.85. The minimum atomic E-state index is 0.794. The predicted molar refractivity (Wildman–Crippen MR) is 57.2 cm³/mol. The Hall–Kier alpha value is -0.980. The van der Waals surface area contributed by atoms with E-state index in [2.05, 4.69) is 36.5 Å². The minimum absolute atomic E-state index is 0.794. The van der Waals surface area contributed by atoms with E-state index >= 15 is 0 Å². The Morgan fingerprint density at radius 2 is 2.23 bits per heavy atom. The van der Waals surface area contributed by atoms with Crippen molar-refractivity contribution < 1.29 is 0 Å². The predicted octanol–water partition coefficient (Wildman–Crippen LogP) is 3.39. The lowest BCUT2D eigenvalue weighted by Crippen LogP contribution is -2.16. The number of anilines is 1. The summed E-state index contributed by atoms with van der Waals surface area (Å²) in [6.45, 7) is 3.41. The first-order chi connectivity index (χ1) is 6.42. The topological polar surface area (TPSA) is 12.0 Å². The number of fused-ring (bicyclic) bond motifs is 1. The highest BCUT2D eigenvalue weighted by molar-refractivity contribution is 5.54. The fraction of sp³-hybridized carbons (Fsp3) is 0.500. The average Bonchev–Trinajstić information content (AvgIpc) is 2.19. The lowest BCUT2D eigenvalue weighted by molar-refractivity contribution is 0.570. The van der Waals surface area contributed by atoms with Gasteiger partial charge in [-0.1, -0.05) is 31.5 Å². The molecule has 1 heteroatoms. The molecule has 1 aromatic rings. The lowest BCUT2D eigenvalue weighted by atomic mass is 9.88. The van der Waals surface area contributed by atoms with Crippen LogP contribution in [0.3, 0.4) is 0 Å². The van der Waals surface area contributed by atoms with Gasteiger partial charge in [-0.15, -0.1) is 0 Å². The van der Waals surface area contributed by atoms with Crippen LogP contribution in [0.4, 0.5) is 5.69 Å². The van der Waals surface area contributed by atoms with Gasteiger partial charge < -0.3 is 5.32 Å². The number of nitrogens with one attached hydrogen (secondary N) is 1. The number of para-hydroxylation sites is 1. The third kappa shape index (κ3) is 1.69. The van der Waals surface area contributed by atoms with Crippen LogP contribution in [0.25, 0.3) is 0 Å². The van der Waals surface area contributed by atoms with Gasteiger partial charge in [-0.3, -0.25) is 0 Å². The number of rotatable bonds is 2. The molecule has 1 aromatic carbocycles. The summed E-state index contributed by atoms with van der Waals surface area (Å²) in [5, 5.41) is 3.45. The van der Waals surface area contributed by atoms with Crippen molar-refractivity contribution in [3.63, 3.8) is 0 Å². The Labute approximate surface area is 80.2 Å². The van der Waals surface area contributed by atoms with E-state index < -0.39 is 0 Å². The Bertz CT molecular complexity index is 280. The number of hydrogen-bond acceptors (Lipinski definition) is 1. The van der Waals surface area contributed by atoms with E-state index in [4.69, 9.17) is 0 Å². The summed E-state index contributed by atoms with van der Waals surface area (Å²) in [4.78, 5) is 0. The zero-order valence-corrected chi connectivity index (χ0v) is 8.22. The molecule has 0 aromatic heterocycles. The molecule has 13 heavy (non-hydrogen) atoms. The summed E-state index contributed by atoms with van der Waals surface area (Å²) in [6, 6.07) is 8.72. The normalized spacial score (nSPS) is 20.5. The maximum absolute atomic E-state index is 3.45. The van der Waals surface area contributed by atoms with E-state index in [0.717, 1.165) is 12.5 Å². The average molecular weight is 175 g/mol. The Morgan fingerprint density at radius 3 is 3.08 bits per heavy atom. The van der Waals surface area contributed by atoms with Crippen molar-refractivity contribution in [1.29, 1.82) is 0 Å². The van der Waals surface area contributed by atoms with Crippen molar-refractivity contribution in [2.45, 2.75) is 32.1 Å². The van der Waals surface area contributed by atoms with Crippen molar-refractivity contribution >= 4 is 5.69 Å². The molecule has 0 fully saturated rings. The van der Waals surface area contributed by atoms with Gasteiger partial charge in [-0.2, -0.15) is 0 Å². The van der Waals surface area contributed by atoms with Crippen molar-refractivity contribution in [2.24, 2.45) is 0 Å². The number of hydrogen-bond donors (Lipinski definition) is 1. The molecule has 0 aliphatic carbocycles. The van der Waals surface area contributed by atoms with E-state index in [1.165, 1.54) is 30.5 Å². The molecule has 1 aliphatic rings. The largest absolute Gasteiger partial charge is 0.385 e. The molecule has 1 N–H and O–H groups in total. The van der Waals surface area contributed by atoms with Gasteiger partial charge >= 0.3 is 0 Å². The molecule has 0 spiro atoms. The van der Waals surface area contributed by atoms with E-state index in [9.17, 15) is 0 Å². The first-order valence-corrected chi connectivity index (χ1v) is 5.24. The van der Waals surface area contributed by atoms with Gasteiger partial charge in [0.05, 0.1) is 0 Å². The van der Waals surface area contributed by atoms with Crippen LogP contribution >= 0.6 is 0 Å². The van der Waals surface area contributed by atoms with Crippen LogP contribution in [0.5, 0.6) is 0 Å². The van der Waals surface area contributed by atoms with Crippen LogP contribution in [-0.2, 0) is 0 Å². The molecular formula is C12H17N. The summed E-state index contributed by atoms with van der Waals surface area (Å²) < 4.78 is 0. The quantitative estimate of drug-likeness (QED) is 0.726. The molecule has 70 valence electrons. The first-order valence-electron chi connectivity index (χ1n) is 5.24. The maximum atomic E-state index is 3.45. The second-order valence-electron chi connectivity index (χ2n) is 3.79. The Balaban J connectivity index is 2.26. The summed E-state index contributed by atoms with van der Waals surface area (Å²) in [6.07, 6.45) is 3.92. The van der Waals surface area contributed by atoms with Crippen LogP contribution in [0.2, 0.25) is 0 Å². The van der Waals surface area contributed by atoms with Crippen LogP contribution in [0.15, 0.2) is 24.3 Å². The summed E-state index contributed by atoms with van der Waals surface area (Å²) in [7, 11) is 0. The van der Waals surface area contributed by atoms with Gasteiger partial charge in [-0.05, 0) is 30.4 Å². The molecule has 0 saturated heterocycles. The third-order valence-corrected chi connectivity index (χ3v) is 2.85. The van der Waals surface area contributed by atoms with E-state index in [1.807, 2.05) is 0 Å². The Morgan fingerprint density at radius 1 is 1.38 bits per heavy atom. The zero-order valence-electron chi connectivity index (χ0n) is 8.22. The van der Waals surface area contributed by atoms with E-state index in [0.29, 0.717) is 0 Å². The van der Waals surface area contributed by atoms with Crippen molar-refractivity contribution in [3.8, 4) is 0 Å². The maximum Gasteiger partial charge on any atom is 0.0375 e. The summed E-state index contributed by atoms with van der Waals surface area (Å²) in [5.74, 6) is 0.794. The molecule has 1 aliphatic heterocycles. The molecular weight excluding hydrogens is 158 g/mol. The van der Waals surface area contributed by atoms with Gasteiger partial charge in [-0.25, -0.2) is 0 Å². The van der Waals surface area contributed by atoms with E-state index in [-0.39, 0.29) is 0 Å². The van der Waals surface area contributed by atoms with Crippen molar-refractivity contribution in [2.75, 3.05) is 11.9 Å². The molecule has 0 radical (unpaired) electrons. The smallest absolute Gasteiger partial charge is 0.0375 e. The summed E-state index contributed by atoms with van der Waals surface area (Å²) in [5.41, 5.74) is 2.88. The molecule has 0 saturated carbocycles. The van der Waals surface area contributed by atoms with Gasteiger partial charge in [0, 0.05) is 12.2 Å². The van der Waals surface area contributed by atoms with Gasteiger partial charge in [0.1, 0.15) is 0 Å². The molecule has 0 amide bonds. The molecule has 1 atom stereocenters. The molecule has 1 nitrogen and oxygen atoms in total. The van der Waals surface area contributed by atoms with Crippen LogP contribution in [-0.4, -0.2) is 6.54 Å². The number of benzene rings is 1. The van der Waals surface area contributed by atoms with Gasteiger partial charge in [0.25, 0.3) is 0 Å². The second-order valence-corrected chi connectivity index (χ2v) is 3.79. The van der Waals surface area contributed by atoms with Crippen LogP contribution in [0.1, 0.15) is 37.7 Å². The second kappa shape index (κ2) is 3.82. The van der Waals surface area contributed by atoms with Crippen molar-refractivity contribution in [1.82, 2.24) is 0 Å². The standard InChI is InChI=1S/C12H17N/c1-2-5-10-8-9-13-12-7-4-3-6-11(10)12/h3-4,6-7,10,13H,2,5,8-9H2,1H3. The lowest BCUT2D eigenvalue weighted by Gasteiger charge is -2.26. The van der Waals surface area contributed by atoms with E-state index in [1.54, 1.807) is 0 Å². The highest BCUT2D eigenvalue weighted by atomic mass is 14.9. The molecule has 1 unspecified atom stereocenters. The molecule has 0 bridgehead atoms. The fourth-order valence-electron chi connectivity index (χ4n) is 2.20. The SMILES string of the molecule is CCCC1CCNc2ccccc21. The first kappa shape index (κ1) is 8.61. The van der Waals surface area contributed by atoms with Crippen LogP contribution < -0.4 is 5.32 Å². The van der Waals surface area contributed by atoms with Crippen LogP contribution in [0, 0.1) is 0 Å². The van der Waals surface area contributed by atoms with Crippen molar-refractivity contribution in [3.05, 3.63) is 29.8 Å². The zero-order chi connectivity index (χ0) is 9.10. The van der Waals surface area contributed by atoms with Gasteiger partial charge in [0.15, 0.2) is 0 Å². The highest BCUT2D eigenvalue weighted by Crippen LogP contribution is 2.33. The summed E-state index contributed by atoms with van der Waals surface area (Å²) >= 11 is 0. The minimum Gasteiger partial charge on any atom is -0.385 e. The monoisotopic (exact) mass is 175 g/mol. The highest BCUT2D eigenvalue weighted by Gasteiger charge is 2.17. The molecule has 1 heterocycles. The molecule has 2 rings (SSSR count). The Kier molecular flexibility index (Phi) is 2.53.